The molecule has 0 aliphatic carbocycles. The molecule has 0 saturated heterocycles. The fraction of sp³-hybridized carbons (Fsp3) is 0.438. The first kappa shape index (κ1) is 14.4. The predicted octanol–water partition coefficient (Wildman–Crippen LogP) is 2.81. The molecule has 1 aliphatic heterocycles. The van der Waals surface area contributed by atoms with Gasteiger partial charge in [-0.05, 0) is 18.6 Å². The molecule has 0 fully saturated rings. The van der Waals surface area contributed by atoms with Gasteiger partial charge < -0.3 is 14.8 Å². The van der Waals surface area contributed by atoms with Crippen LogP contribution in [0, 0.1) is 0 Å². The van der Waals surface area contributed by atoms with Crippen LogP contribution in [0.15, 0.2) is 24.3 Å². The van der Waals surface area contributed by atoms with E-state index >= 15 is 0 Å². The first-order valence-corrected chi connectivity index (χ1v) is 8.12. The van der Waals surface area contributed by atoms with Gasteiger partial charge in [-0.15, -0.1) is 11.3 Å². The average molecular weight is 304 g/mol. The molecule has 1 aliphatic rings. The summed E-state index contributed by atoms with van der Waals surface area (Å²) < 4.78 is 10.9. The summed E-state index contributed by atoms with van der Waals surface area (Å²) in [4.78, 5) is 6.13. The van der Waals surface area contributed by atoms with Gasteiger partial charge in [0.1, 0.15) is 11.5 Å². The highest BCUT2D eigenvalue weighted by Gasteiger charge is 2.14. The molecule has 0 saturated carbocycles. The van der Waals surface area contributed by atoms with E-state index in [1.54, 1.807) is 7.11 Å². The van der Waals surface area contributed by atoms with Crippen LogP contribution < -0.4 is 14.8 Å². The maximum atomic E-state index is 5.76. The Labute approximate surface area is 129 Å². The minimum atomic E-state index is 0.704. The third-order valence-electron chi connectivity index (χ3n) is 3.49. The van der Waals surface area contributed by atoms with E-state index < -0.39 is 0 Å². The van der Waals surface area contributed by atoms with E-state index in [-0.39, 0.29) is 0 Å². The van der Waals surface area contributed by atoms with Crippen molar-refractivity contribution < 1.29 is 9.47 Å². The Morgan fingerprint density at radius 1 is 1.33 bits per heavy atom. The molecule has 2 heterocycles. The van der Waals surface area contributed by atoms with Crippen molar-refractivity contribution in [2.24, 2.45) is 0 Å². The van der Waals surface area contributed by atoms with Crippen molar-refractivity contribution in [3.05, 3.63) is 39.8 Å². The van der Waals surface area contributed by atoms with Crippen molar-refractivity contribution >= 4 is 11.3 Å². The molecule has 1 N–H and O–H groups in total. The summed E-state index contributed by atoms with van der Waals surface area (Å²) in [5, 5.41) is 4.62. The fourth-order valence-electron chi connectivity index (χ4n) is 2.39. The highest BCUT2D eigenvalue weighted by atomic mass is 32.1. The van der Waals surface area contributed by atoms with Crippen LogP contribution in [0.3, 0.4) is 0 Å². The summed E-state index contributed by atoms with van der Waals surface area (Å²) in [6, 6.07) is 7.72. The van der Waals surface area contributed by atoms with Crippen LogP contribution in [0.1, 0.15) is 22.0 Å². The summed E-state index contributed by atoms with van der Waals surface area (Å²) in [6.07, 6.45) is 3.03. The number of rotatable bonds is 6. The number of nitrogens with zero attached hydrogens (tertiary/aromatic N) is 1. The van der Waals surface area contributed by atoms with Crippen molar-refractivity contribution in [1.29, 1.82) is 0 Å². The van der Waals surface area contributed by atoms with Gasteiger partial charge in [0.25, 0.3) is 0 Å². The standard InChI is InChI=1S/C16H20N2O2S/c1-19-12-4-2-5-13(10-12)20-9-3-6-16-18-14-7-8-17-11-15(14)21-16/h2,4-5,10,17H,3,6-9,11H2,1H3. The third kappa shape index (κ3) is 3.74. The number of benzene rings is 1. The van der Waals surface area contributed by atoms with Crippen LogP contribution in [0.2, 0.25) is 0 Å². The molecule has 1 aromatic heterocycles. The van der Waals surface area contributed by atoms with Crippen molar-refractivity contribution in [2.45, 2.75) is 25.8 Å². The minimum Gasteiger partial charge on any atom is -0.497 e. The van der Waals surface area contributed by atoms with Crippen LogP contribution in [-0.2, 0) is 19.4 Å². The molecule has 2 aromatic rings. The molecule has 0 unspecified atom stereocenters. The van der Waals surface area contributed by atoms with E-state index in [0.29, 0.717) is 6.61 Å². The van der Waals surface area contributed by atoms with Crippen molar-refractivity contribution in [2.75, 3.05) is 20.3 Å². The van der Waals surface area contributed by atoms with E-state index in [0.717, 1.165) is 43.9 Å². The quantitative estimate of drug-likeness (QED) is 0.834. The van der Waals surface area contributed by atoms with Gasteiger partial charge in [0.15, 0.2) is 0 Å². The molecular formula is C16H20N2O2S. The second-order valence-corrected chi connectivity index (χ2v) is 6.20. The molecule has 0 atom stereocenters. The Balaban J connectivity index is 1.46. The summed E-state index contributed by atoms with van der Waals surface area (Å²) in [5.41, 5.74) is 1.29. The summed E-state index contributed by atoms with van der Waals surface area (Å²) in [5.74, 6) is 1.68. The summed E-state index contributed by atoms with van der Waals surface area (Å²) in [6.45, 7) is 2.73. The lowest BCUT2D eigenvalue weighted by atomic mass is 10.2. The van der Waals surface area contributed by atoms with E-state index in [1.807, 2.05) is 35.6 Å². The number of methoxy groups -OCH3 is 1. The number of aromatic nitrogens is 1. The van der Waals surface area contributed by atoms with E-state index in [9.17, 15) is 0 Å². The zero-order valence-electron chi connectivity index (χ0n) is 12.2. The van der Waals surface area contributed by atoms with Crippen LogP contribution in [0.5, 0.6) is 11.5 Å². The van der Waals surface area contributed by atoms with Crippen LogP contribution in [0.25, 0.3) is 0 Å². The van der Waals surface area contributed by atoms with Crippen LogP contribution in [0.4, 0.5) is 0 Å². The summed E-state index contributed by atoms with van der Waals surface area (Å²) in [7, 11) is 1.66. The van der Waals surface area contributed by atoms with Crippen molar-refractivity contribution in [3.8, 4) is 11.5 Å². The molecule has 0 spiro atoms. The third-order valence-corrected chi connectivity index (χ3v) is 4.65. The molecule has 112 valence electrons. The Bertz CT molecular complexity index is 574. The number of thiazole rings is 1. The lowest BCUT2D eigenvalue weighted by Crippen LogP contribution is -2.22. The number of hydrogen-bond acceptors (Lipinski definition) is 5. The predicted molar refractivity (Wildman–Crippen MR) is 84.3 cm³/mol. The zero-order chi connectivity index (χ0) is 14.5. The zero-order valence-corrected chi connectivity index (χ0v) is 13.0. The van der Waals surface area contributed by atoms with E-state index in [2.05, 4.69) is 5.32 Å². The lowest BCUT2D eigenvalue weighted by Gasteiger charge is -2.09. The highest BCUT2D eigenvalue weighted by Crippen LogP contribution is 2.23. The molecule has 0 bridgehead atoms. The Morgan fingerprint density at radius 3 is 3.10 bits per heavy atom. The van der Waals surface area contributed by atoms with Crippen LogP contribution >= 0.6 is 11.3 Å². The molecule has 0 radical (unpaired) electrons. The monoisotopic (exact) mass is 304 g/mol. The van der Waals surface area contributed by atoms with E-state index in [1.165, 1.54) is 15.6 Å². The second-order valence-electron chi connectivity index (χ2n) is 5.04. The number of aryl methyl sites for hydroxylation is 1. The number of fused-ring (bicyclic) bond motifs is 1. The maximum absolute atomic E-state index is 5.76. The largest absolute Gasteiger partial charge is 0.497 e. The minimum absolute atomic E-state index is 0.704. The topological polar surface area (TPSA) is 43.4 Å². The molecule has 5 heteroatoms. The van der Waals surface area contributed by atoms with Gasteiger partial charge in [0.2, 0.25) is 0 Å². The molecule has 0 amide bonds. The van der Waals surface area contributed by atoms with Gasteiger partial charge in [-0.3, -0.25) is 0 Å². The normalized spacial score (nSPS) is 13.8. The average Bonchev–Trinajstić information content (AvgIpc) is 2.94. The second kappa shape index (κ2) is 6.91. The van der Waals surface area contributed by atoms with Gasteiger partial charge in [0, 0.05) is 36.9 Å². The Kier molecular flexibility index (Phi) is 4.72. The molecular weight excluding hydrogens is 284 g/mol. The smallest absolute Gasteiger partial charge is 0.122 e. The van der Waals surface area contributed by atoms with Crippen molar-refractivity contribution in [3.63, 3.8) is 0 Å². The van der Waals surface area contributed by atoms with Gasteiger partial charge in [-0.25, -0.2) is 4.98 Å². The molecule has 4 nitrogen and oxygen atoms in total. The summed E-state index contributed by atoms with van der Waals surface area (Å²) >= 11 is 1.84. The van der Waals surface area contributed by atoms with Crippen LogP contribution in [-0.4, -0.2) is 25.2 Å². The number of nitrogens with one attached hydrogen (secondary N) is 1. The van der Waals surface area contributed by atoms with Gasteiger partial charge in [-0.1, -0.05) is 6.07 Å². The molecule has 1 aromatic carbocycles. The maximum Gasteiger partial charge on any atom is 0.122 e. The van der Waals surface area contributed by atoms with Gasteiger partial charge >= 0.3 is 0 Å². The molecule has 3 rings (SSSR count). The number of ether oxygens (including phenoxy) is 2. The lowest BCUT2D eigenvalue weighted by molar-refractivity contribution is 0.308. The fourth-order valence-corrected chi connectivity index (χ4v) is 3.52. The first-order chi connectivity index (χ1) is 10.3. The Morgan fingerprint density at radius 2 is 2.24 bits per heavy atom. The number of hydrogen-bond donors (Lipinski definition) is 1. The first-order valence-electron chi connectivity index (χ1n) is 7.30. The SMILES string of the molecule is COc1cccc(OCCCc2nc3c(s2)CNCC3)c1. The molecule has 21 heavy (non-hydrogen) atoms. The Hall–Kier alpha value is -1.59. The van der Waals surface area contributed by atoms with Gasteiger partial charge in [0.05, 0.1) is 24.4 Å². The van der Waals surface area contributed by atoms with Crippen molar-refractivity contribution in [1.82, 2.24) is 10.3 Å². The van der Waals surface area contributed by atoms with Gasteiger partial charge in [-0.2, -0.15) is 0 Å². The highest BCUT2D eigenvalue weighted by molar-refractivity contribution is 7.11. The van der Waals surface area contributed by atoms with E-state index in [4.69, 9.17) is 14.5 Å².